The highest BCUT2D eigenvalue weighted by atomic mass is 16.6. The second kappa shape index (κ2) is 6.54. The molecule has 0 aromatic rings. The van der Waals surface area contributed by atoms with Crippen molar-refractivity contribution in [3.05, 3.63) is 0 Å². The molecule has 0 aromatic carbocycles. The molecule has 0 radical (unpaired) electrons. The number of hydrogen-bond acceptors (Lipinski definition) is 8. The van der Waals surface area contributed by atoms with Crippen LogP contribution in [0.5, 0.6) is 0 Å². The normalized spacial score (nSPS) is 52.3. The van der Waals surface area contributed by atoms with E-state index >= 15 is 0 Å². The topological polar surface area (TPSA) is 119 Å². The van der Waals surface area contributed by atoms with E-state index in [1.165, 1.54) is 13.8 Å². The van der Waals surface area contributed by atoms with Gasteiger partial charge in [-0.15, -0.1) is 0 Å². The molecule has 4 bridgehead atoms. The molecular formula is C24H34O8. The van der Waals surface area contributed by atoms with Crippen LogP contribution in [-0.4, -0.2) is 64.6 Å². The maximum atomic E-state index is 13.9. The number of hydrogen-bond donors (Lipinski definition) is 2. The molecule has 2 heterocycles. The molecule has 4 aliphatic carbocycles. The fraction of sp³-hybridized carbons (Fsp3) is 0.875. The lowest BCUT2D eigenvalue weighted by Gasteiger charge is -2.68. The van der Waals surface area contributed by atoms with Gasteiger partial charge >= 0.3 is 11.9 Å². The molecule has 2 aliphatic heterocycles. The van der Waals surface area contributed by atoms with Crippen LogP contribution in [-0.2, 0) is 28.6 Å². The summed E-state index contributed by atoms with van der Waals surface area (Å²) in [6, 6.07) is 0. The fourth-order valence-corrected chi connectivity index (χ4v) is 9.17. The molecule has 4 saturated carbocycles. The van der Waals surface area contributed by atoms with Gasteiger partial charge < -0.3 is 24.4 Å². The summed E-state index contributed by atoms with van der Waals surface area (Å²) in [7, 11) is 0. The molecule has 178 valence electrons. The number of aliphatic hydroxyl groups excluding tert-OH is 2. The van der Waals surface area contributed by atoms with Crippen molar-refractivity contribution in [2.75, 3.05) is 6.61 Å². The monoisotopic (exact) mass is 450 g/mol. The zero-order chi connectivity index (χ0) is 23.4. The first-order chi connectivity index (χ1) is 14.8. The van der Waals surface area contributed by atoms with Crippen molar-refractivity contribution in [2.24, 2.45) is 34.0 Å². The summed E-state index contributed by atoms with van der Waals surface area (Å²) in [5.41, 5.74) is -3.19. The van der Waals surface area contributed by atoms with E-state index in [2.05, 4.69) is 0 Å². The third-order valence-corrected chi connectivity index (χ3v) is 9.85. The number of carbonyl (C=O) groups is 3. The van der Waals surface area contributed by atoms with Gasteiger partial charge in [-0.05, 0) is 18.8 Å². The van der Waals surface area contributed by atoms with Crippen LogP contribution >= 0.6 is 0 Å². The van der Waals surface area contributed by atoms with Gasteiger partial charge in [0.2, 0.25) is 0 Å². The second-order valence-corrected chi connectivity index (χ2v) is 11.7. The summed E-state index contributed by atoms with van der Waals surface area (Å²) in [6.45, 7) is 8.22. The Labute approximate surface area is 188 Å². The van der Waals surface area contributed by atoms with E-state index in [-0.39, 0.29) is 43.2 Å². The van der Waals surface area contributed by atoms with Crippen molar-refractivity contribution in [2.45, 2.75) is 90.3 Å². The van der Waals surface area contributed by atoms with E-state index in [1.807, 2.05) is 20.8 Å². The van der Waals surface area contributed by atoms with Gasteiger partial charge in [-0.3, -0.25) is 14.4 Å². The molecule has 6 aliphatic rings. The van der Waals surface area contributed by atoms with Crippen molar-refractivity contribution in [3.63, 3.8) is 0 Å². The number of fused-ring (bicyclic) bond motifs is 1. The molecule has 0 amide bonds. The molecule has 0 unspecified atom stereocenters. The first-order valence-electron chi connectivity index (χ1n) is 11.7. The predicted molar refractivity (Wildman–Crippen MR) is 110 cm³/mol. The molecule has 32 heavy (non-hydrogen) atoms. The van der Waals surface area contributed by atoms with E-state index in [9.17, 15) is 24.6 Å². The SMILES string of the molecule is CC(=O)O[C@H]1C[C@H](O)C(C)(C)[C@H]2C(=O)C[C@]34C[C@H]5C[C@H](O[C@@]5(CO)[C@H]3OC(C)=O)[C@H]4[C@]12C. The smallest absolute Gasteiger partial charge is 0.303 e. The number of Topliss-reactive ketones (excluding diaryl/α,β-unsaturated/α-hetero) is 1. The Morgan fingerprint density at radius 1 is 1.12 bits per heavy atom. The minimum atomic E-state index is -0.989. The number of rotatable bonds is 3. The van der Waals surface area contributed by atoms with Crippen LogP contribution < -0.4 is 0 Å². The van der Waals surface area contributed by atoms with Crippen LogP contribution in [0.1, 0.15) is 60.3 Å². The first-order valence-corrected chi connectivity index (χ1v) is 11.7. The summed E-state index contributed by atoms with van der Waals surface area (Å²) in [5, 5.41) is 21.3. The number of esters is 2. The van der Waals surface area contributed by atoms with E-state index < -0.39 is 58.0 Å². The zero-order valence-corrected chi connectivity index (χ0v) is 19.4. The molecule has 8 heteroatoms. The summed E-state index contributed by atoms with van der Waals surface area (Å²) < 4.78 is 18.2. The summed E-state index contributed by atoms with van der Waals surface area (Å²) in [6.07, 6.45) is -0.671. The molecular weight excluding hydrogens is 416 g/mol. The maximum absolute atomic E-state index is 13.9. The summed E-state index contributed by atoms with van der Waals surface area (Å²) in [5.74, 6) is -1.67. The summed E-state index contributed by atoms with van der Waals surface area (Å²) in [4.78, 5) is 38.1. The third kappa shape index (κ3) is 2.41. The minimum absolute atomic E-state index is 0.000386. The Hall–Kier alpha value is -1.51. The van der Waals surface area contributed by atoms with Gasteiger partial charge in [0, 0.05) is 54.8 Å². The highest BCUT2D eigenvalue weighted by molar-refractivity contribution is 5.86. The van der Waals surface area contributed by atoms with Crippen LogP contribution in [0.2, 0.25) is 0 Å². The third-order valence-electron chi connectivity index (χ3n) is 9.85. The van der Waals surface area contributed by atoms with Gasteiger partial charge in [-0.1, -0.05) is 20.8 Å². The van der Waals surface area contributed by atoms with Crippen LogP contribution in [0, 0.1) is 34.0 Å². The Bertz CT molecular complexity index is 883. The number of carbonyl (C=O) groups excluding carboxylic acids is 3. The standard InChI is InChI=1S/C24H34O8/c1-11(26)30-17-7-16(29)21(3,4)18-14(28)9-23-8-13-6-15(19(23)22(17,18)5)32-24(13,10-25)20(23)31-12(2)27/h13,15-20,25,29H,6-10H2,1-5H3/t13-,15+,16+,17+,18-,19+,20+,22-,23+,24-/m1/s1. The summed E-state index contributed by atoms with van der Waals surface area (Å²) >= 11 is 0. The Morgan fingerprint density at radius 3 is 2.38 bits per heavy atom. The van der Waals surface area contributed by atoms with E-state index in [1.54, 1.807) is 0 Å². The van der Waals surface area contributed by atoms with Gasteiger partial charge in [-0.2, -0.15) is 0 Å². The minimum Gasteiger partial charge on any atom is -0.462 e. The lowest BCUT2D eigenvalue weighted by Crippen LogP contribution is -2.74. The van der Waals surface area contributed by atoms with Crippen molar-refractivity contribution in [1.29, 1.82) is 0 Å². The van der Waals surface area contributed by atoms with E-state index in [0.29, 0.717) is 12.8 Å². The maximum Gasteiger partial charge on any atom is 0.303 e. The Kier molecular flexibility index (Phi) is 4.56. The molecule has 1 spiro atoms. The van der Waals surface area contributed by atoms with Crippen molar-refractivity contribution < 1.29 is 38.8 Å². The van der Waals surface area contributed by atoms with Crippen molar-refractivity contribution in [1.82, 2.24) is 0 Å². The average Bonchev–Trinajstić information content (AvgIpc) is 3.04. The Morgan fingerprint density at radius 2 is 1.78 bits per heavy atom. The van der Waals surface area contributed by atoms with E-state index in [4.69, 9.17) is 14.2 Å². The lowest BCUT2D eigenvalue weighted by atomic mass is 9.38. The molecule has 2 saturated heterocycles. The number of ketones is 1. The van der Waals surface area contributed by atoms with Crippen LogP contribution in [0.4, 0.5) is 0 Å². The highest BCUT2D eigenvalue weighted by Crippen LogP contribution is 2.76. The van der Waals surface area contributed by atoms with Crippen molar-refractivity contribution in [3.8, 4) is 0 Å². The average molecular weight is 451 g/mol. The van der Waals surface area contributed by atoms with E-state index in [0.717, 1.165) is 0 Å². The number of aliphatic hydroxyl groups is 2. The Balaban J connectivity index is 1.70. The largest absolute Gasteiger partial charge is 0.462 e. The molecule has 6 rings (SSSR count). The van der Waals surface area contributed by atoms with Gasteiger partial charge in [-0.25, -0.2) is 0 Å². The fourth-order valence-electron chi connectivity index (χ4n) is 9.17. The predicted octanol–water partition coefficient (Wildman–Crippen LogP) is 1.39. The van der Waals surface area contributed by atoms with Gasteiger partial charge in [0.1, 0.15) is 23.6 Å². The quantitative estimate of drug-likeness (QED) is 0.619. The van der Waals surface area contributed by atoms with Gasteiger partial charge in [0.15, 0.2) is 0 Å². The van der Waals surface area contributed by atoms with Gasteiger partial charge in [0.25, 0.3) is 0 Å². The van der Waals surface area contributed by atoms with Crippen LogP contribution in [0.3, 0.4) is 0 Å². The number of ether oxygens (including phenoxy) is 3. The molecule has 6 fully saturated rings. The van der Waals surface area contributed by atoms with Crippen molar-refractivity contribution >= 4 is 17.7 Å². The second-order valence-electron chi connectivity index (χ2n) is 11.7. The lowest BCUT2D eigenvalue weighted by molar-refractivity contribution is -0.297. The zero-order valence-electron chi connectivity index (χ0n) is 19.4. The van der Waals surface area contributed by atoms with Crippen LogP contribution in [0.15, 0.2) is 0 Å². The molecule has 0 aromatic heterocycles. The first kappa shape index (κ1) is 22.3. The van der Waals surface area contributed by atoms with Gasteiger partial charge in [0.05, 0.1) is 18.8 Å². The van der Waals surface area contributed by atoms with Crippen LogP contribution in [0.25, 0.3) is 0 Å². The molecule has 8 nitrogen and oxygen atoms in total. The highest BCUT2D eigenvalue weighted by Gasteiger charge is 2.83. The molecule has 10 atom stereocenters. The molecule has 2 N–H and O–H groups in total.